The summed E-state index contributed by atoms with van der Waals surface area (Å²) in [7, 11) is 0. The van der Waals surface area contributed by atoms with E-state index in [1.54, 1.807) is 6.92 Å². The molecule has 1 aromatic rings. The van der Waals surface area contributed by atoms with Crippen molar-refractivity contribution in [2.24, 2.45) is 5.92 Å². The standard InChI is InChI=1S/C14H18O/c1-10(2)8-12-6-5-7-13(9-12)14(15)11(3)4/h5-7,9-10H,3,8H2,1-2,4H3. The third-order valence-corrected chi connectivity index (χ3v) is 2.22. The Morgan fingerprint density at radius 1 is 1.40 bits per heavy atom. The van der Waals surface area contributed by atoms with E-state index in [4.69, 9.17) is 0 Å². The van der Waals surface area contributed by atoms with Crippen molar-refractivity contribution in [2.45, 2.75) is 27.2 Å². The van der Waals surface area contributed by atoms with Crippen molar-refractivity contribution in [3.05, 3.63) is 47.5 Å². The molecule has 0 saturated heterocycles. The molecular formula is C14H18O. The summed E-state index contributed by atoms with van der Waals surface area (Å²) in [5.41, 5.74) is 2.56. The Morgan fingerprint density at radius 2 is 2.07 bits per heavy atom. The van der Waals surface area contributed by atoms with Crippen LogP contribution in [-0.2, 0) is 6.42 Å². The number of ketones is 1. The van der Waals surface area contributed by atoms with Crippen LogP contribution in [0.5, 0.6) is 0 Å². The molecular weight excluding hydrogens is 184 g/mol. The minimum atomic E-state index is 0.0422. The molecule has 0 aliphatic heterocycles. The third kappa shape index (κ3) is 3.35. The first-order valence-electron chi connectivity index (χ1n) is 5.30. The molecule has 15 heavy (non-hydrogen) atoms. The SMILES string of the molecule is C=C(C)C(=O)c1cccc(CC(C)C)c1. The van der Waals surface area contributed by atoms with Crippen LogP contribution in [0.2, 0.25) is 0 Å². The van der Waals surface area contributed by atoms with E-state index in [2.05, 4.69) is 26.5 Å². The number of hydrogen-bond donors (Lipinski definition) is 0. The number of allylic oxidation sites excluding steroid dienone is 1. The Bertz CT molecular complexity index is 375. The van der Waals surface area contributed by atoms with Gasteiger partial charge in [0.05, 0.1) is 0 Å². The van der Waals surface area contributed by atoms with Crippen LogP contribution in [0.15, 0.2) is 36.4 Å². The highest BCUT2D eigenvalue weighted by Gasteiger charge is 2.07. The molecule has 0 fully saturated rings. The van der Waals surface area contributed by atoms with Gasteiger partial charge >= 0.3 is 0 Å². The number of Topliss-reactive ketones (excluding diaryl/α,β-unsaturated/α-hetero) is 1. The highest BCUT2D eigenvalue weighted by atomic mass is 16.1. The van der Waals surface area contributed by atoms with Gasteiger partial charge in [-0.3, -0.25) is 4.79 Å². The molecule has 0 aromatic heterocycles. The average molecular weight is 202 g/mol. The monoisotopic (exact) mass is 202 g/mol. The second-order valence-electron chi connectivity index (χ2n) is 4.41. The summed E-state index contributed by atoms with van der Waals surface area (Å²) >= 11 is 0. The first-order chi connectivity index (χ1) is 7.00. The first-order valence-corrected chi connectivity index (χ1v) is 5.30. The molecule has 0 atom stereocenters. The molecule has 1 nitrogen and oxygen atoms in total. The van der Waals surface area contributed by atoms with Gasteiger partial charge in [-0.1, -0.05) is 38.6 Å². The fourth-order valence-electron chi connectivity index (χ4n) is 1.56. The predicted octanol–water partition coefficient (Wildman–Crippen LogP) is 3.64. The second kappa shape index (κ2) is 4.92. The first kappa shape index (κ1) is 11.7. The van der Waals surface area contributed by atoms with Gasteiger partial charge in [-0.05, 0) is 36.5 Å². The molecule has 0 radical (unpaired) electrons. The summed E-state index contributed by atoms with van der Waals surface area (Å²) in [6.07, 6.45) is 1.01. The maximum atomic E-state index is 11.7. The van der Waals surface area contributed by atoms with Gasteiger partial charge in [0.25, 0.3) is 0 Å². The van der Waals surface area contributed by atoms with E-state index < -0.39 is 0 Å². The Balaban J connectivity index is 2.92. The molecule has 1 heteroatoms. The topological polar surface area (TPSA) is 17.1 Å². The van der Waals surface area contributed by atoms with Crippen LogP contribution in [0, 0.1) is 5.92 Å². The van der Waals surface area contributed by atoms with E-state index in [1.807, 2.05) is 18.2 Å². The third-order valence-electron chi connectivity index (χ3n) is 2.22. The van der Waals surface area contributed by atoms with Crippen molar-refractivity contribution in [3.8, 4) is 0 Å². The van der Waals surface area contributed by atoms with Crippen LogP contribution >= 0.6 is 0 Å². The lowest BCUT2D eigenvalue weighted by molar-refractivity contribution is 0.103. The molecule has 0 aliphatic rings. The quantitative estimate of drug-likeness (QED) is 0.538. The summed E-state index contributed by atoms with van der Waals surface area (Å²) < 4.78 is 0. The van der Waals surface area contributed by atoms with Crippen LogP contribution in [-0.4, -0.2) is 5.78 Å². The van der Waals surface area contributed by atoms with E-state index >= 15 is 0 Å². The van der Waals surface area contributed by atoms with E-state index in [0.717, 1.165) is 12.0 Å². The maximum absolute atomic E-state index is 11.7. The van der Waals surface area contributed by atoms with E-state index in [1.165, 1.54) is 5.56 Å². The van der Waals surface area contributed by atoms with Gasteiger partial charge in [0.1, 0.15) is 0 Å². The Morgan fingerprint density at radius 3 is 2.60 bits per heavy atom. The van der Waals surface area contributed by atoms with Crippen molar-refractivity contribution in [1.82, 2.24) is 0 Å². The Kier molecular flexibility index (Phi) is 3.84. The zero-order chi connectivity index (χ0) is 11.4. The predicted molar refractivity (Wildman–Crippen MR) is 64.1 cm³/mol. The molecule has 0 heterocycles. The lowest BCUT2D eigenvalue weighted by Crippen LogP contribution is -2.01. The molecule has 0 unspecified atom stereocenters. The minimum Gasteiger partial charge on any atom is -0.289 e. The van der Waals surface area contributed by atoms with Crippen LogP contribution in [0.25, 0.3) is 0 Å². The van der Waals surface area contributed by atoms with Crippen LogP contribution < -0.4 is 0 Å². The van der Waals surface area contributed by atoms with Gasteiger partial charge in [-0.25, -0.2) is 0 Å². The van der Waals surface area contributed by atoms with Gasteiger partial charge < -0.3 is 0 Å². The molecule has 0 saturated carbocycles. The number of benzene rings is 1. The molecule has 0 spiro atoms. The zero-order valence-corrected chi connectivity index (χ0v) is 9.71. The summed E-state index contributed by atoms with van der Waals surface area (Å²) in [5.74, 6) is 0.654. The van der Waals surface area contributed by atoms with Gasteiger partial charge in [0.2, 0.25) is 0 Å². The Hall–Kier alpha value is -1.37. The summed E-state index contributed by atoms with van der Waals surface area (Å²) in [4.78, 5) is 11.7. The molecule has 1 aromatic carbocycles. The normalized spacial score (nSPS) is 10.4. The molecule has 0 aliphatic carbocycles. The Labute approximate surface area is 91.8 Å². The highest BCUT2D eigenvalue weighted by Crippen LogP contribution is 2.13. The van der Waals surface area contributed by atoms with Gasteiger partial charge in [-0.2, -0.15) is 0 Å². The summed E-state index contributed by atoms with van der Waals surface area (Å²) in [5, 5.41) is 0. The fourth-order valence-corrected chi connectivity index (χ4v) is 1.56. The molecule has 0 amide bonds. The smallest absolute Gasteiger partial charge is 0.188 e. The number of carbonyl (C=O) groups is 1. The van der Waals surface area contributed by atoms with Crippen LogP contribution in [0.4, 0.5) is 0 Å². The molecule has 1 rings (SSSR count). The summed E-state index contributed by atoms with van der Waals surface area (Å²) in [6, 6.07) is 7.82. The van der Waals surface area contributed by atoms with Gasteiger partial charge in [0.15, 0.2) is 5.78 Å². The van der Waals surface area contributed by atoms with Gasteiger partial charge in [-0.15, -0.1) is 0 Å². The zero-order valence-electron chi connectivity index (χ0n) is 9.71. The van der Waals surface area contributed by atoms with Crippen molar-refractivity contribution in [1.29, 1.82) is 0 Å². The van der Waals surface area contributed by atoms with Crippen LogP contribution in [0.1, 0.15) is 36.7 Å². The second-order valence-corrected chi connectivity index (χ2v) is 4.41. The largest absolute Gasteiger partial charge is 0.289 e. The van der Waals surface area contributed by atoms with E-state index in [9.17, 15) is 4.79 Å². The van der Waals surface area contributed by atoms with Gasteiger partial charge in [0, 0.05) is 5.56 Å². The highest BCUT2D eigenvalue weighted by molar-refractivity contribution is 6.07. The van der Waals surface area contributed by atoms with E-state index in [-0.39, 0.29) is 5.78 Å². The average Bonchev–Trinajstić information content (AvgIpc) is 2.16. The lowest BCUT2D eigenvalue weighted by Gasteiger charge is -2.06. The van der Waals surface area contributed by atoms with Crippen molar-refractivity contribution in [2.75, 3.05) is 0 Å². The minimum absolute atomic E-state index is 0.0422. The van der Waals surface area contributed by atoms with E-state index in [0.29, 0.717) is 11.5 Å². The molecule has 0 N–H and O–H groups in total. The number of carbonyl (C=O) groups excluding carboxylic acids is 1. The van der Waals surface area contributed by atoms with Crippen molar-refractivity contribution in [3.63, 3.8) is 0 Å². The fraction of sp³-hybridized carbons (Fsp3) is 0.357. The number of rotatable bonds is 4. The number of hydrogen-bond acceptors (Lipinski definition) is 1. The maximum Gasteiger partial charge on any atom is 0.188 e. The molecule has 0 bridgehead atoms. The van der Waals surface area contributed by atoms with Crippen molar-refractivity contribution < 1.29 is 4.79 Å². The van der Waals surface area contributed by atoms with Crippen molar-refractivity contribution >= 4 is 5.78 Å². The summed E-state index contributed by atoms with van der Waals surface area (Å²) in [6.45, 7) is 9.77. The van der Waals surface area contributed by atoms with Crippen LogP contribution in [0.3, 0.4) is 0 Å². The lowest BCUT2D eigenvalue weighted by atomic mass is 9.98. The molecule has 80 valence electrons.